The van der Waals surface area contributed by atoms with Crippen LogP contribution in [0.4, 0.5) is 0 Å². The monoisotopic (exact) mass is 336 g/mol. The van der Waals surface area contributed by atoms with Gasteiger partial charge in [-0.3, -0.25) is 4.90 Å². The van der Waals surface area contributed by atoms with Crippen molar-refractivity contribution in [1.82, 2.24) is 29.0 Å². The lowest BCUT2D eigenvalue weighted by Gasteiger charge is -2.23. The molecule has 6 heteroatoms. The van der Waals surface area contributed by atoms with E-state index in [1.807, 2.05) is 12.1 Å². The zero-order chi connectivity index (χ0) is 16.6. The summed E-state index contributed by atoms with van der Waals surface area (Å²) in [5, 5.41) is 9.11. The number of hydrogen-bond acceptors (Lipinski definition) is 4. The van der Waals surface area contributed by atoms with Crippen molar-refractivity contribution in [2.45, 2.75) is 57.7 Å². The van der Waals surface area contributed by atoms with Gasteiger partial charge in [0.05, 0.1) is 11.7 Å². The van der Waals surface area contributed by atoms with E-state index in [9.17, 15) is 0 Å². The quantitative estimate of drug-likeness (QED) is 0.738. The van der Waals surface area contributed by atoms with E-state index >= 15 is 0 Å². The third kappa shape index (κ3) is 2.74. The minimum Gasteiger partial charge on any atom is -0.314 e. The van der Waals surface area contributed by atoms with Crippen molar-refractivity contribution in [2.75, 3.05) is 6.54 Å². The Labute approximate surface area is 147 Å². The van der Waals surface area contributed by atoms with Crippen LogP contribution in [0.25, 0.3) is 5.65 Å². The number of imidazole rings is 1. The molecule has 0 aliphatic carbocycles. The number of nitrogens with zero attached hydrogens (tertiary/aromatic N) is 6. The molecule has 1 fully saturated rings. The molecule has 5 rings (SSSR count). The van der Waals surface area contributed by atoms with Crippen LogP contribution in [0.1, 0.15) is 55.5 Å². The van der Waals surface area contributed by atoms with Crippen LogP contribution in [0.5, 0.6) is 0 Å². The molecule has 0 radical (unpaired) electrons. The van der Waals surface area contributed by atoms with E-state index in [1.54, 1.807) is 0 Å². The highest BCUT2D eigenvalue weighted by Crippen LogP contribution is 2.33. The second kappa shape index (κ2) is 6.26. The number of pyridine rings is 1. The number of fused-ring (bicyclic) bond motifs is 2. The largest absolute Gasteiger partial charge is 0.314 e. The smallest absolute Gasteiger partial charge is 0.150 e. The van der Waals surface area contributed by atoms with E-state index in [1.165, 1.54) is 43.8 Å². The summed E-state index contributed by atoms with van der Waals surface area (Å²) in [6, 6.07) is 6.52. The van der Waals surface area contributed by atoms with Gasteiger partial charge in [0.15, 0.2) is 0 Å². The van der Waals surface area contributed by atoms with E-state index in [-0.39, 0.29) is 0 Å². The predicted octanol–water partition coefficient (Wildman–Crippen LogP) is 2.99. The first kappa shape index (κ1) is 15.1. The molecule has 2 aliphatic heterocycles. The summed E-state index contributed by atoms with van der Waals surface area (Å²) < 4.78 is 4.50. The molecule has 0 aromatic carbocycles. The van der Waals surface area contributed by atoms with Gasteiger partial charge in [0.2, 0.25) is 0 Å². The second-order valence-corrected chi connectivity index (χ2v) is 7.26. The Morgan fingerprint density at radius 1 is 1.04 bits per heavy atom. The van der Waals surface area contributed by atoms with E-state index in [0.717, 1.165) is 37.4 Å². The van der Waals surface area contributed by atoms with Crippen LogP contribution in [0.2, 0.25) is 0 Å². The van der Waals surface area contributed by atoms with Crippen molar-refractivity contribution >= 4 is 5.65 Å². The van der Waals surface area contributed by atoms with Gasteiger partial charge in [-0.1, -0.05) is 12.5 Å². The number of likely N-dealkylation sites (tertiary alicyclic amines) is 1. The molecule has 3 aromatic rings. The summed E-state index contributed by atoms with van der Waals surface area (Å²) in [5.74, 6) is 2.37. The van der Waals surface area contributed by atoms with Crippen molar-refractivity contribution < 1.29 is 0 Å². The fraction of sp³-hybridized carbons (Fsp3) is 0.526. The maximum atomic E-state index is 4.77. The Bertz CT molecular complexity index is 846. The summed E-state index contributed by atoms with van der Waals surface area (Å²) in [7, 11) is 0. The molecule has 0 amide bonds. The average molecular weight is 336 g/mol. The molecule has 0 N–H and O–H groups in total. The minimum atomic E-state index is 0.379. The van der Waals surface area contributed by atoms with Crippen molar-refractivity contribution in [1.29, 1.82) is 0 Å². The first-order valence-corrected chi connectivity index (χ1v) is 9.47. The number of aryl methyl sites for hydroxylation is 1. The molecule has 2 aliphatic rings. The van der Waals surface area contributed by atoms with Crippen LogP contribution in [0.15, 0.2) is 30.6 Å². The third-order valence-electron chi connectivity index (χ3n) is 5.58. The highest BCUT2D eigenvalue weighted by atomic mass is 15.3. The molecule has 6 nitrogen and oxygen atoms in total. The molecule has 1 atom stereocenters. The molecule has 1 saturated heterocycles. The molecule has 130 valence electrons. The van der Waals surface area contributed by atoms with Gasteiger partial charge >= 0.3 is 0 Å². The first-order valence-electron chi connectivity index (χ1n) is 9.47. The molecule has 3 aromatic heterocycles. The van der Waals surface area contributed by atoms with Crippen molar-refractivity contribution in [3.05, 3.63) is 47.9 Å². The number of aromatic nitrogens is 5. The first-order chi connectivity index (χ1) is 12.4. The SMILES string of the molecule is c1ccn2cc(CN3CCC[C@H]3c3nnc4n3CCCCC4)nc2c1. The molecular formula is C19H24N6. The lowest BCUT2D eigenvalue weighted by Crippen LogP contribution is -2.25. The van der Waals surface area contributed by atoms with Gasteiger partial charge in [0, 0.05) is 31.9 Å². The molecule has 5 heterocycles. The van der Waals surface area contributed by atoms with Crippen LogP contribution < -0.4 is 0 Å². The van der Waals surface area contributed by atoms with E-state index in [0.29, 0.717) is 6.04 Å². The average Bonchev–Trinajstić information content (AvgIpc) is 3.30. The highest BCUT2D eigenvalue weighted by molar-refractivity contribution is 5.39. The normalized spacial score (nSPS) is 21.5. The Morgan fingerprint density at radius 2 is 2.04 bits per heavy atom. The Hall–Kier alpha value is -2.21. The van der Waals surface area contributed by atoms with E-state index in [2.05, 4.69) is 42.5 Å². The third-order valence-corrected chi connectivity index (χ3v) is 5.58. The van der Waals surface area contributed by atoms with Crippen LogP contribution in [0, 0.1) is 0 Å². The summed E-state index contributed by atoms with van der Waals surface area (Å²) in [5.41, 5.74) is 2.15. The maximum Gasteiger partial charge on any atom is 0.150 e. The Balaban J connectivity index is 1.41. The van der Waals surface area contributed by atoms with Crippen molar-refractivity contribution in [3.8, 4) is 0 Å². The summed E-state index contributed by atoms with van der Waals surface area (Å²) in [6.45, 7) is 3.08. The van der Waals surface area contributed by atoms with Gasteiger partial charge in [-0.2, -0.15) is 0 Å². The van der Waals surface area contributed by atoms with E-state index in [4.69, 9.17) is 4.98 Å². The van der Waals surface area contributed by atoms with Crippen LogP contribution in [-0.4, -0.2) is 35.6 Å². The molecule has 25 heavy (non-hydrogen) atoms. The molecular weight excluding hydrogens is 312 g/mol. The summed E-state index contributed by atoms with van der Waals surface area (Å²) in [6.07, 6.45) is 11.5. The fourth-order valence-corrected chi connectivity index (χ4v) is 4.33. The highest BCUT2D eigenvalue weighted by Gasteiger charge is 2.31. The summed E-state index contributed by atoms with van der Waals surface area (Å²) in [4.78, 5) is 7.30. The number of hydrogen-bond donors (Lipinski definition) is 0. The number of rotatable bonds is 3. The summed E-state index contributed by atoms with van der Waals surface area (Å²) >= 11 is 0. The Morgan fingerprint density at radius 3 is 3.00 bits per heavy atom. The molecule has 0 saturated carbocycles. The maximum absolute atomic E-state index is 4.77. The van der Waals surface area contributed by atoms with Crippen LogP contribution in [-0.2, 0) is 19.5 Å². The van der Waals surface area contributed by atoms with Gasteiger partial charge in [-0.25, -0.2) is 4.98 Å². The lowest BCUT2D eigenvalue weighted by molar-refractivity contribution is 0.232. The minimum absolute atomic E-state index is 0.379. The van der Waals surface area contributed by atoms with Crippen LogP contribution in [0.3, 0.4) is 0 Å². The molecule has 0 unspecified atom stereocenters. The topological polar surface area (TPSA) is 51.2 Å². The van der Waals surface area contributed by atoms with Crippen molar-refractivity contribution in [3.63, 3.8) is 0 Å². The molecule has 0 spiro atoms. The standard InChI is InChI=1S/C19H24N6/c1-2-9-18-21-22-19(25(18)12-4-1)16-7-6-11-23(16)13-15-14-24-10-5-3-8-17(24)20-15/h3,5,8,10,14,16H,1-2,4,6-7,9,11-13H2/t16-/m0/s1. The van der Waals surface area contributed by atoms with Gasteiger partial charge in [-0.15, -0.1) is 10.2 Å². The zero-order valence-electron chi connectivity index (χ0n) is 14.5. The van der Waals surface area contributed by atoms with Gasteiger partial charge in [0.1, 0.15) is 17.3 Å². The van der Waals surface area contributed by atoms with Crippen molar-refractivity contribution in [2.24, 2.45) is 0 Å². The second-order valence-electron chi connectivity index (χ2n) is 7.26. The van der Waals surface area contributed by atoms with E-state index < -0.39 is 0 Å². The van der Waals surface area contributed by atoms with Crippen LogP contribution >= 0.6 is 0 Å². The van der Waals surface area contributed by atoms with Gasteiger partial charge in [0.25, 0.3) is 0 Å². The van der Waals surface area contributed by atoms with Gasteiger partial charge in [-0.05, 0) is 44.4 Å². The zero-order valence-corrected chi connectivity index (χ0v) is 14.5. The fourth-order valence-electron chi connectivity index (χ4n) is 4.33. The van der Waals surface area contributed by atoms with Gasteiger partial charge < -0.3 is 8.97 Å². The lowest BCUT2D eigenvalue weighted by atomic mass is 10.2. The Kier molecular flexibility index (Phi) is 3.77. The molecule has 0 bridgehead atoms. The predicted molar refractivity (Wildman–Crippen MR) is 95.2 cm³/mol.